The quantitative estimate of drug-likeness (QED) is 0.370. The van der Waals surface area contributed by atoms with E-state index in [4.69, 9.17) is 4.74 Å². The van der Waals surface area contributed by atoms with Crippen molar-refractivity contribution in [3.8, 4) is 5.75 Å². The van der Waals surface area contributed by atoms with Gasteiger partial charge in [0.1, 0.15) is 5.75 Å². The Morgan fingerprint density at radius 2 is 1.73 bits per heavy atom. The lowest BCUT2D eigenvalue weighted by molar-refractivity contribution is 0.102. The standard InChI is InChI=1S/C24H23N3O4S2/c1-4-31-19-9-7-17(8-10-19)23(28)25-18-13-16(3)22-21(14-18)32-24(26-22)27-33(29,30)20-11-5-15(2)6-12-20/h5-14H,4H2,1-3H3,(H,25,28)(H,26,27). The SMILES string of the molecule is CCOc1ccc(C(=O)Nc2cc(C)c3nc(NS(=O)(=O)c4ccc(C)cc4)sc3c2)cc1. The van der Waals surface area contributed by atoms with Gasteiger partial charge in [-0.25, -0.2) is 13.4 Å². The molecule has 0 radical (unpaired) electrons. The van der Waals surface area contributed by atoms with Crippen molar-refractivity contribution in [2.24, 2.45) is 0 Å². The lowest BCUT2D eigenvalue weighted by Crippen LogP contribution is -2.12. The number of hydrogen-bond donors (Lipinski definition) is 2. The summed E-state index contributed by atoms with van der Waals surface area (Å²) in [6, 6.07) is 17.1. The van der Waals surface area contributed by atoms with Crippen molar-refractivity contribution in [3.63, 3.8) is 0 Å². The second-order valence-electron chi connectivity index (χ2n) is 7.49. The molecule has 1 heterocycles. The molecule has 33 heavy (non-hydrogen) atoms. The van der Waals surface area contributed by atoms with Gasteiger partial charge in [-0.05, 0) is 74.9 Å². The molecule has 0 aliphatic carbocycles. The first kappa shape index (κ1) is 22.8. The summed E-state index contributed by atoms with van der Waals surface area (Å²) in [5.74, 6) is 0.457. The first-order chi connectivity index (χ1) is 15.7. The number of rotatable bonds is 7. The number of anilines is 2. The van der Waals surface area contributed by atoms with E-state index in [-0.39, 0.29) is 15.9 Å². The maximum Gasteiger partial charge on any atom is 0.263 e. The summed E-state index contributed by atoms with van der Waals surface area (Å²) in [6.45, 7) is 6.22. The minimum Gasteiger partial charge on any atom is -0.494 e. The second-order valence-corrected chi connectivity index (χ2v) is 10.2. The molecule has 4 rings (SSSR count). The molecule has 2 N–H and O–H groups in total. The number of fused-ring (bicyclic) bond motifs is 1. The van der Waals surface area contributed by atoms with Crippen LogP contribution in [0.3, 0.4) is 0 Å². The third kappa shape index (κ3) is 5.15. The molecule has 7 nitrogen and oxygen atoms in total. The molecule has 0 aliphatic heterocycles. The van der Waals surface area contributed by atoms with Gasteiger partial charge in [-0.2, -0.15) is 0 Å². The van der Waals surface area contributed by atoms with Crippen LogP contribution in [-0.2, 0) is 10.0 Å². The number of benzene rings is 3. The summed E-state index contributed by atoms with van der Waals surface area (Å²) in [4.78, 5) is 17.3. The van der Waals surface area contributed by atoms with Gasteiger partial charge in [0.05, 0.1) is 21.7 Å². The Kier molecular flexibility index (Phi) is 6.35. The first-order valence-corrected chi connectivity index (χ1v) is 12.6. The minimum absolute atomic E-state index is 0.174. The molecule has 0 atom stereocenters. The highest BCUT2D eigenvalue weighted by atomic mass is 32.2. The summed E-state index contributed by atoms with van der Waals surface area (Å²) < 4.78 is 34.1. The van der Waals surface area contributed by atoms with Crippen molar-refractivity contribution in [2.75, 3.05) is 16.6 Å². The van der Waals surface area contributed by atoms with Gasteiger partial charge in [0, 0.05) is 11.3 Å². The number of carbonyl (C=O) groups is 1. The van der Waals surface area contributed by atoms with Gasteiger partial charge in [0.25, 0.3) is 15.9 Å². The highest BCUT2D eigenvalue weighted by Crippen LogP contribution is 2.32. The number of thiazole rings is 1. The summed E-state index contributed by atoms with van der Waals surface area (Å²) >= 11 is 1.21. The number of amides is 1. The Morgan fingerprint density at radius 1 is 1.03 bits per heavy atom. The van der Waals surface area contributed by atoms with Crippen LogP contribution in [0.4, 0.5) is 10.8 Å². The summed E-state index contributed by atoms with van der Waals surface area (Å²) in [7, 11) is -3.75. The van der Waals surface area contributed by atoms with Crippen molar-refractivity contribution in [1.82, 2.24) is 4.98 Å². The fourth-order valence-corrected chi connectivity index (χ4v) is 5.49. The molecule has 9 heteroatoms. The summed E-state index contributed by atoms with van der Waals surface area (Å²) in [5, 5.41) is 3.16. The highest BCUT2D eigenvalue weighted by Gasteiger charge is 2.18. The van der Waals surface area contributed by atoms with Crippen LogP contribution in [0.5, 0.6) is 5.75 Å². The maximum absolute atomic E-state index is 12.7. The number of carbonyl (C=O) groups excluding carboxylic acids is 1. The molecule has 0 saturated carbocycles. The highest BCUT2D eigenvalue weighted by molar-refractivity contribution is 7.93. The number of ether oxygens (including phenoxy) is 1. The van der Waals surface area contributed by atoms with Crippen LogP contribution in [-0.4, -0.2) is 25.9 Å². The fourth-order valence-electron chi connectivity index (χ4n) is 3.28. The second kappa shape index (κ2) is 9.21. The van der Waals surface area contributed by atoms with Crippen LogP contribution in [0.15, 0.2) is 65.6 Å². The molecule has 0 fully saturated rings. The number of aromatic nitrogens is 1. The predicted octanol–water partition coefficient (Wildman–Crippen LogP) is 5.36. The Hall–Kier alpha value is -3.43. The molecule has 0 spiro atoms. The zero-order chi connectivity index (χ0) is 23.6. The van der Waals surface area contributed by atoms with Gasteiger partial charge in [-0.1, -0.05) is 29.0 Å². The minimum atomic E-state index is -3.75. The van der Waals surface area contributed by atoms with Gasteiger partial charge in [0.15, 0.2) is 5.13 Å². The third-order valence-electron chi connectivity index (χ3n) is 4.92. The zero-order valence-electron chi connectivity index (χ0n) is 18.4. The largest absolute Gasteiger partial charge is 0.494 e. The van der Waals surface area contributed by atoms with Gasteiger partial charge in [-0.15, -0.1) is 0 Å². The van der Waals surface area contributed by atoms with E-state index in [1.807, 2.05) is 26.8 Å². The molecule has 0 saturated heterocycles. The predicted molar refractivity (Wildman–Crippen MR) is 132 cm³/mol. The average Bonchev–Trinajstić information content (AvgIpc) is 3.17. The number of nitrogens with zero attached hydrogens (tertiary/aromatic N) is 1. The molecule has 4 aromatic rings. The van der Waals surface area contributed by atoms with Crippen LogP contribution >= 0.6 is 11.3 Å². The summed E-state index contributed by atoms with van der Waals surface area (Å²) in [6.07, 6.45) is 0. The molecule has 3 aromatic carbocycles. The molecule has 1 amide bonds. The third-order valence-corrected chi connectivity index (χ3v) is 7.33. The molecular formula is C24H23N3O4S2. The lowest BCUT2D eigenvalue weighted by Gasteiger charge is -2.08. The van der Waals surface area contributed by atoms with Gasteiger partial charge < -0.3 is 10.1 Å². The number of hydrogen-bond acceptors (Lipinski definition) is 6. The van der Waals surface area contributed by atoms with Crippen molar-refractivity contribution >= 4 is 48.3 Å². The molecule has 170 valence electrons. The number of aryl methyl sites for hydroxylation is 2. The molecule has 0 bridgehead atoms. The normalized spacial score (nSPS) is 11.4. The van der Waals surface area contributed by atoms with E-state index in [1.165, 1.54) is 11.3 Å². The Bertz CT molecular complexity index is 1410. The molecule has 0 aliphatic rings. The van der Waals surface area contributed by atoms with Crippen molar-refractivity contribution in [1.29, 1.82) is 0 Å². The van der Waals surface area contributed by atoms with E-state index in [9.17, 15) is 13.2 Å². The van der Waals surface area contributed by atoms with Crippen LogP contribution in [0.25, 0.3) is 10.2 Å². The topological polar surface area (TPSA) is 97.4 Å². The van der Waals surface area contributed by atoms with E-state index in [1.54, 1.807) is 54.6 Å². The van der Waals surface area contributed by atoms with E-state index < -0.39 is 10.0 Å². The van der Waals surface area contributed by atoms with E-state index in [0.717, 1.165) is 15.8 Å². The summed E-state index contributed by atoms with van der Waals surface area (Å²) in [5.41, 5.74) is 3.60. The number of nitrogens with one attached hydrogen (secondary N) is 2. The van der Waals surface area contributed by atoms with E-state index in [0.29, 0.717) is 29.1 Å². The van der Waals surface area contributed by atoms with Crippen molar-refractivity contribution in [3.05, 3.63) is 77.4 Å². The van der Waals surface area contributed by atoms with Crippen LogP contribution in [0.1, 0.15) is 28.4 Å². The monoisotopic (exact) mass is 481 g/mol. The van der Waals surface area contributed by atoms with Gasteiger partial charge in [-0.3, -0.25) is 9.52 Å². The van der Waals surface area contributed by atoms with Crippen LogP contribution in [0.2, 0.25) is 0 Å². The zero-order valence-corrected chi connectivity index (χ0v) is 20.0. The fraction of sp³-hybridized carbons (Fsp3) is 0.167. The molecule has 0 unspecified atom stereocenters. The van der Waals surface area contributed by atoms with Gasteiger partial charge in [0.2, 0.25) is 0 Å². The van der Waals surface area contributed by atoms with E-state index in [2.05, 4.69) is 15.0 Å². The molecular weight excluding hydrogens is 458 g/mol. The Labute approximate surface area is 196 Å². The first-order valence-electron chi connectivity index (χ1n) is 10.3. The van der Waals surface area contributed by atoms with Crippen LogP contribution in [0, 0.1) is 13.8 Å². The van der Waals surface area contributed by atoms with Crippen LogP contribution < -0.4 is 14.8 Å². The average molecular weight is 482 g/mol. The molecule has 1 aromatic heterocycles. The smallest absolute Gasteiger partial charge is 0.263 e. The van der Waals surface area contributed by atoms with Crippen molar-refractivity contribution in [2.45, 2.75) is 25.7 Å². The van der Waals surface area contributed by atoms with E-state index >= 15 is 0 Å². The maximum atomic E-state index is 12.7. The van der Waals surface area contributed by atoms with Gasteiger partial charge >= 0.3 is 0 Å². The Morgan fingerprint density at radius 3 is 2.39 bits per heavy atom. The Balaban J connectivity index is 1.55. The number of sulfonamides is 1. The van der Waals surface area contributed by atoms with Crippen molar-refractivity contribution < 1.29 is 17.9 Å². The lowest BCUT2D eigenvalue weighted by atomic mass is 10.1.